The van der Waals surface area contributed by atoms with E-state index in [1.807, 2.05) is 0 Å². The van der Waals surface area contributed by atoms with Gasteiger partial charge in [-0.15, -0.1) is 4.42 Å². The van der Waals surface area contributed by atoms with Crippen LogP contribution in [0.25, 0.3) is 0 Å². The highest BCUT2D eigenvalue weighted by molar-refractivity contribution is 6.40. The molecule has 1 aliphatic heterocycles. The van der Waals surface area contributed by atoms with E-state index in [1.165, 1.54) is 0 Å². The van der Waals surface area contributed by atoms with E-state index >= 15 is 0 Å². The molecule has 1 rings (SSSR count). The quantitative estimate of drug-likeness (QED) is 0.602. The second kappa shape index (κ2) is 3.57. The molecule has 1 heterocycles. The molecule has 0 bridgehead atoms. The van der Waals surface area contributed by atoms with Crippen molar-refractivity contribution < 1.29 is 14.4 Å². The van der Waals surface area contributed by atoms with Gasteiger partial charge in [-0.25, -0.2) is 14.0 Å². The molecular weight excluding hydrogens is 244 g/mol. The van der Waals surface area contributed by atoms with E-state index in [1.54, 1.807) is 0 Å². The molecule has 0 N–H and O–H groups in total. The van der Waals surface area contributed by atoms with Crippen LogP contribution in [0, 0.1) is 0 Å². The minimum atomic E-state index is -1.15. The van der Waals surface area contributed by atoms with Crippen molar-refractivity contribution in [3.8, 4) is 0 Å². The average Bonchev–Trinajstić information content (AvgIpc) is 2.15. The molecule has 0 aromatic heterocycles. The van der Waals surface area contributed by atoms with Crippen LogP contribution in [0.5, 0.6) is 0 Å². The Morgan fingerprint density at radius 1 is 0.923 bits per heavy atom. The molecule has 1 fully saturated rings. The first-order valence-electron chi connectivity index (χ1n) is 2.91. The lowest BCUT2D eigenvalue weighted by Crippen LogP contribution is -2.36. The Kier molecular flexibility index (Phi) is 2.84. The number of hydrogen-bond acceptors (Lipinski definition) is 3. The molecule has 0 aliphatic carbocycles. The van der Waals surface area contributed by atoms with Crippen molar-refractivity contribution in [2.24, 2.45) is 0 Å². The van der Waals surface area contributed by atoms with Crippen LogP contribution in [0.15, 0.2) is 0 Å². The van der Waals surface area contributed by atoms with Crippen molar-refractivity contribution in [3.05, 3.63) is 0 Å². The van der Waals surface area contributed by atoms with Gasteiger partial charge in [-0.1, -0.05) is 0 Å². The zero-order valence-corrected chi connectivity index (χ0v) is 8.18. The maximum Gasteiger partial charge on any atom is 0.365 e. The standard InChI is InChI=1S/C4H2Cl3N3O3/c5-8-1-2(11)9(6)4(13)10(7)3(8)12/h1H2. The molecule has 5 amide bonds. The van der Waals surface area contributed by atoms with Crippen molar-refractivity contribution >= 4 is 53.3 Å². The van der Waals surface area contributed by atoms with E-state index in [2.05, 4.69) is 0 Å². The fourth-order valence-corrected chi connectivity index (χ4v) is 1.16. The summed E-state index contributed by atoms with van der Waals surface area (Å²) in [6, 6.07) is -2.17. The van der Waals surface area contributed by atoms with Crippen molar-refractivity contribution in [2.45, 2.75) is 0 Å². The first-order valence-corrected chi connectivity index (χ1v) is 3.92. The Morgan fingerprint density at radius 2 is 1.46 bits per heavy atom. The Hall–Kier alpha value is -0.720. The van der Waals surface area contributed by atoms with Gasteiger partial charge in [0.15, 0.2) is 0 Å². The molecule has 0 atom stereocenters. The Morgan fingerprint density at radius 3 is 2.00 bits per heavy atom. The van der Waals surface area contributed by atoms with Crippen LogP contribution >= 0.6 is 35.3 Å². The minimum absolute atomic E-state index is 0.116. The van der Waals surface area contributed by atoms with Crippen LogP contribution in [-0.4, -0.2) is 37.8 Å². The third-order valence-electron chi connectivity index (χ3n) is 1.20. The predicted molar refractivity (Wildman–Crippen MR) is 43.7 cm³/mol. The zero-order valence-electron chi connectivity index (χ0n) is 5.91. The van der Waals surface area contributed by atoms with E-state index in [4.69, 9.17) is 35.3 Å². The van der Waals surface area contributed by atoms with E-state index in [9.17, 15) is 14.4 Å². The highest BCUT2D eigenvalue weighted by Gasteiger charge is 2.37. The molecule has 0 spiro atoms. The van der Waals surface area contributed by atoms with Gasteiger partial charge in [0.25, 0.3) is 5.91 Å². The third kappa shape index (κ3) is 1.79. The number of rotatable bonds is 0. The van der Waals surface area contributed by atoms with Crippen LogP contribution in [0.2, 0.25) is 0 Å². The van der Waals surface area contributed by atoms with Gasteiger partial charge >= 0.3 is 12.1 Å². The number of imide groups is 2. The van der Waals surface area contributed by atoms with E-state index in [0.717, 1.165) is 0 Å². The summed E-state index contributed by atoms with van der Waals surface area (Å²) in [7, 11) is 0. The highest BCUT2D eigenvalue weighted by atomic mass is 35.5. The summed E-state index contributed by atoms with van der Waals surface area (Å²) in [5.41, 5.74) is 0. The maximum atomic E-state index is 11.0. The predicted octanol–water partition coefficient (Wildman–Crippen LogP) is 1.13. The molecule has 1 aliphatic rings. The summed E-state index contributed by atoms with van der Waals surface area (Å²) in [6.07, 6.45) is 0. The maximum absolute atomic E-state index is 11.0. The molecule has 6 nitrogen and oxygen atoms in total. The van der Waals surface area contributed by atoms with E-state index in [0.29, 0.717) is 4.42 Å². The van der Waals surface area contributed by atoms with Gasteiger partial charge in [0.05, 0.1) is 0 Å². The lowest BCUT2D eigenvalue weighted by atomic mass is 10.6. The third-order valence-corrected chi connectivity index (χ3v) is 2.09. The molecule has 0 saturated carbocycles. The van der Waals surface area contributed by atoms with Gasteiger partial charge in [0, 0.05) is 35.3 Å². The van der Waals surface area contributed by atoms with Gasteiger partial charge in [-0.05, 0) is 0 Å². The lowest BCUT2D eigenvalue weighted by molar-refractivity contribution is -0.124. The number of halogens is 3. The Bertz CT molecular complexity index is 283. The smallest absolute Gasteiger partial charge is 0.271 e. The molecule has 9 heteroatoms. The summed E-state index contributed by atoms with van der Waals surface area (Å²) >= 11 is 15.7. The average molecular weight is 246 g/mol. The van der Waals surface area contributed by atoms with Crippen LogP contribution in [0.4, 0.5) is 9.59 Å². The normalized spacial score (nSPS) is 19.6. The molecule has 0 aromatic carbocycles. The highest BCUT2D eigenvalue weighted by Crippen LogP contribution is 2.16. The summed E-state index contributed by atoms with van der Waals surface area (Å²) < 4.78 is 0.758. The van der Waals surface area contributed by atoms with E-state index in [-0.39, 0.29) is 8.84 Å². The number of carbonyl (C=O) groups is 3. The van der Waals surface area contributed by atoms with Gasteiger partial charge in [0.2, 0.25) is 0 Å². The number of hydrogen-bond donors (Lipinski definition) is 0. The van der Waals surface area contributed by atoms with Crippen molar-refractivity contribution in [1.82, 2.24) is 13.3 Å². The number of amides is 5. The summed E-state index contributed by atoms with van der Waals surface area (Å²) in [5, 5.41) is 0. The van der Waals surface area contributed by atoms with Gasteiger partial charge < -0.3 is 0 Å². The van der Waals surface area contributed by atoms with Crippen molar-refractivity contribution in [1.29, 1.82) is 0 Å². The summed E-state index contributed by atoms with van der Waals surface area (Å²) in [4.78, 5) is 32.9. The van der Waals surface area contributed by atoms with E-state index < -0.39 is 24.5 Å². The summed E-state index contributed by atoms with van der Waals surface area (Å²) in [6.45, 7) is -0.515. The summed E-state index contributed by atoms with van der Waals surface area (Å²) in [5.74, 6) is -0.835. The van der Waals surface area contributed by atoms with Gasteiger partial charge in [0.1, 0.15) is 6.54 Å². The molecule has 0 unspecified atom stereocenters. The molecule has 0 radical (unpaired) electrons. The van der Waals surface area contributed by atoms with Crippen LogP contribution < -0.4 is 0 Å². The topological polar surface area (TPSA) is 60.9 Å². The number of nitrogens with zero attached hydrogens (tertiary/aromatic N) is 3. The number of urea groups is 2. The number of carbonyl (C=O) groups excluding carboxylic acids is 3. The van der Waals surface area contributed by atoms with Gasteiger partial charge in [-0.3, -0.25) is 4.79 Å². The second-order valence-corrected chi connectivity index (χ2v) is 3.13. The zero-order chi connectivity index (χ0) is 10.2. The first kappa shape index (κ1) is 10.4. The molecule has 0 aromatic rings. The molecule has 1 saturated heterocycles. The lowest BCUT2D eigenvalue weighted by Gasteiger charge is -2.12. The monoisotopic (exact) mass is 245 g/mol. The Labute approximate surface area is 87.8 Å². The minimum Gasteiger partial charge on any atom is -0.271 e. The molecule has 13 heavy (non-hydrogen) atoms. The molecular formula is C4H2Cl3N3O3. The SMILES string of the molecule is O=C1CN(Cl)C(=O)N(Cl)C(=O)N1Cl. The second-order valence-electron chi connectivity index (χ2n) is 2.04. The van der Waals surface area contributed by atoms with Crippen LogP contribution in [-0.2, 0) is 4.79 Å². The largest absolute Gasteiger partial charge is 0.365 e. The molecule has 72 valence electrons. The fourth-order valence-electron chi connectivity index (χ4n) is 0.609. The van der Waals surface area contributed by atoms with Gasteiger partial charge in [-0.2, -0.15) is 4.42 Å². The fraction of sp³-hybridized carbons (Fsp3) is 0.250. The van der Waals surface area contributed by atoms with Crippen LogP contribution in [0.3, 0.4) is 0 Å². The van der Waals surface area contributed by atoms with Crippen molar-refractivity contribution in [2.75, 3.05) is 6.54 Å². The van der Waals surface area contributed by atoms with Crippen molar-refractivity contribution in [3.63, 3.8) is 0 Å². The first-order chi connectivity index (χ1) is 5.95. The Balaban J connectivity index is 2.99. The van der Waals surface area contributed by atoms with Crippen LogP contribution in [0.1, 0.15) is 0 Å².